The van der Waals surface area contributed by atoms with Gasteiger partial charge in [-0.25, -0.2) is 13.1 Å². The summed E-state index contributed by atoms with van der Waals surface area (Å²) >= 11 is 0. The van der Waals surface area contributed by atoms with Gasteiger partial charge in [0.05, 0.1) is 4.90 Å². The fourth-order valence-corrected chi connectivity index (χ4v) is 4.48. The molecule has 1 aliphatic rings. The lowest BCUT2D eigenvalue weighted by atomic mass is 10.1. The molecule has 150 valence electrons. The molecule has 0 spiro atoms. The summed E-state index contributed by atoms with van der Waals surface area (Å²) in [5, 5.41) is 2.86. The van der Waals surface area contributed by atoms with Crippen LogP contribution in [0.25, 0.3) is 0 Å². The zero-order valence-electron chi connectivity index (χ0n) is 16.5. The minimum absolute atomic E-state index is 0.0867. The number of benzene rings is 2. The molecule has 1 unspecified atom stereocenters. The van der Waals surface area contributed by atoms with Crippen molar-refractivity contribution in [3.63, 3.8) is 0 Å². The smallest absolute Gasteiger partial charge is 0.255 e. The second kappa shape index (κ2) is 8.32. The van der Waals surface area contributed by atoms with Crippen LogP contribution < -0.4 is 14.9 Å². The largest absolute Gasteiger partial charge is 0.371 e. The standard InChI is InChI=1S/C21H27N3O3S/c1-4-22-28(26,27)19-10-5-16(3)20(13-19)21(25)23-17-6-8-18(9-7-17)24-12-11-15(2)14-24/h5-10,13,15,22H,4,11-12,14H2,1-3H3,(H,23,25). The average Bonchev–Trinajstić information content (AvgIpc) is 3.09. The summed E-state index contributed by atoms with van der Waals surface area (Å²) in [5.74, 6) is 0.377. The van der Waals surface area contributed by atoms with Crippen LogP contribution in [-0.2, 0) is 10.0 Å². The van der Waals surface area contributed by atoms with E-state index in [0.717, 1.165) is 24.3 Å². The molecule has 2 aromatic rings. The molecular weight excluding hydrogens is 374 g/mol. The summed E-state index contributed by atoms with van der Waals surface area (Å²) < 4.78 is 26.9. The number of aryl methyl sites for hydroxylation is 1. The number of carbonyl (C=O) groups excluding carboxylic acids is 1. The molecule has 1 aliphatic heterocycles. The first-order chi connectivity index (χ1) is 13.3. The number of hydrogen-bond acceptors (Lipinski definition) is 4. The Kier molecular flexibility index (Phi) is 6.05. The predicted octanol–water partition coefficient (Wildman–Crippen LogP) is 3.39. The van der Waals surface area contributed by atoms with Crippen LogP contribution in [0.1, 0.15) is 36.2 Å². The molecule has 7 heteroatoms. The number of amides is 1. The molecule has 1 heterocycles. The molecule has 0 aromatic heterocycles. The van der Waals surface area contributed by atoms with Crippen molar-refractivity contribution >= 4 is 27.3 Å². The first-order valence-corrected chi connectivity index (χ1v) is 11.0. The summed E-state index contributed by atoms with van der Waals surface area (Å²) in [6.07, 6.45) is 1.20. The number of nitrogens with zero attached hydrogens (tertiary/aromatic N) is 1. The van der Waals surface area contributed by atoms with Crippen LogP contribution in [0.5, 0.6) is 0 Å². The highest BCUT2D eigenvalue weighted by Gasteiger charge is 2.19. The Hall–Kier alpha value is -2.38. The van der Waals surface area contributed by atoms with Gasteiger partial charge in [0, 0.05) is 36.6 Å². The van der Waals surface area contributed by atoms with Crippen molar-refractivity contribution in [2.75, 3.05) is 29.9 Å². The van der Waals surface area contributed by atoms with E-state index in [0.29, 0.717) is 23.7 Å². The zero-order valence-corrected chi connectivity index (χ0v) is 17.3. The van der Waals surface area contributed by atoms with Gasteiger partial charge >= 0.3 is 0 Å². The van der Waals surface area contributed by atoms with Gasteiger partial charge in [0.2, 0.25) is 10.0 Å². The Balaban J connectivity index is 1.76. The number of nitrogens with one attached hydrogen (secondary N) is 2. The number of hydrogen-bond donors (Lipinski definition) is 2. The van der Waals surface area contributed by atoms with Crippen LogP contribution >= 0.6 is 0 Å². The van der Waals surface area contributed by atoms with E-state index in [9.17, 15) is 13.2 Å². The number of anilines is 2. The Morgan fingerprint density at radius 2 is 1.89 bits per heavy atom. The molecular formula is C21H27N3O3S. The topological polar surface area (TPSA) is 78.5 Å². The third-order valence-electron chi connectivity index (χ3n) is 5.01. The maximum atomic E-state index is 12.7. The minimum Gasteiger partial charge on any atom is -0.371 e. The van der Waals surface area contributed by atoms with Gasteiger partial charge in [0.1, 0.15) is 0 Å². The second-order valence-corrected chi connectivity index (χ2v) is 9.09. The Bertz CT molecular complexity index is 955. The Morgan fingerprint density at radius 3 is 2.50 bits per heavy atom. The summed E-state index contributed by atoms with van der Waals surface area (Å²) in [7, 11) is -3.61. The fraction of sp³-hybridized carbons (Fsp3) is 0.381. The van der Waals surface area contributed by atoms with Crippen LogP contribution in [0.2, 0.25) is 0 Å². The lowest BCUT2D eigenvalue weighted by molar-refractivity contribution is 0.102. The molecule has 2 aromatic carbocycles. The van der Waals surface area contributed by atoms with Crippen LogP contribution in [0.15, 0.2) is 47.4 Å². The molecule has 0 radical (unpaired) electrons. The fourth-order valence-electron chi connectivity index (χ4n) is 3.41. The number of sulfonamides is 1. The van der Waals surface area contributed by atoms with E-state index >= 15 is 0 Å². The van der Waals surface area contributed by atoms with Crippen LogP contribution in [0, 0.1) is 12.8 Å². The number of rotatable bonds is 6. The lowest BCUT2D eigenvalue weighted by Crippen LogP contribution is -2.24. The van der Waals surface area contributed by atoms with Crippen LogP contribution in [0.3, 0.4) is 0 Å². The monoisotopic (exact) mass is 401 g/mol. The minimum atomic E-state index is -3.61. The maximum Gasteiger partial charge on any atom is 0.255 e. The molecule has 28 heavy (non-hydrogen) atoms. The Morgan fingerprint density at radius 1 is 1.18 bits per heavy atom. The van der Waals surface area contributed by atoms with Crippen LogP contribution in [0.4, 0.5) is 11.4 Å². The maximum absolute atomic E-state index is 12.7. The normalized spacial score (nSPS) is 17.0. The van der Waals surface area contributed by atoms with Gasteiger partial charge in [-0.2, -0.15) is 0 Å². The summed E-state index contributed by atoms with van der Waals surface area (Å²) in [6, 6.07) is 12.4. The first kappa shape index (κ1) is 20.4. The van der Waals surface area contributed by atoms with Crippen molar-refractivity contribution in [1.82, 2.24) is 4.72 Å². The average molecular weight is 402 g/mol. The molecule has 3 rings (SSSR count). The quantitative estimate of drug-likeness (QED) is 0.778. The van der Waals surface area contributed by atoms with Gasteiger partial charge in [0.15, 0.2) is 0 Å². The van der Waals surface area contributed by atoms with Crippen molar-refractivity contribution in [2.45, 2.75) is 32.1 Å². The van der Waals surface area contributed by atoms with E-state index in [2.05, 4.69) is 21.9 Å². The summed E-state index contributed by atoms with van der Waals surface area (Å²) in [4.78, 5) is 15.1. The van der Waals surface area contributed by atoms with Gasteiger partial charge in [-0.1, -0.05) is 19.9 Å². The van der Waals surface area contributed by atoms with E-state index < -0.39 is 10.0 Å². The SMILES string of the molecule is CCNS(=O)(=O)c1ccc(C)c(C(=O)Nc2ccc(N3CCC(C)C3)cc2)c1. The van der Waals surface area contributed by atoms with Gasteiger partial charge in [-0.3, -0.25) is 4.79 Å². The highest BCUT2D eigenvalue weighted by Crippen LogP contribution is 2.25. The third-order valence-corrected chi connectivity index (χ3v) is 6.56. The van der Waals surface area contributed by atoms with Crippen LogP contribution in [-0.4, -0.2) is 34.0 Å². The summed E-state index contributed by atoms with van der Waals surface area (Å²) in [6.45, 7) is 8.15. The van der Waals surface area contributed by atoms with Crippen molar-refractivity contribution in [2.24, 2.45) is 5.92 Å². The zero-order chi connectivity index (χ0) is 20.3. The van der Waals surface area contributed by atoms with Crippen molar-refractivity contribution in [1.29, 1.82) is 0 Å². The van der Waals surface area contributed by atoms with E-state index in [-0.39, 0.29) is 10.8 Å². The number of carbonyl (C=O) groups is 1. The summed E-state index contributed by atoms with van der Waals surface area (Å²) in [5.41, 5.74) is 2.89. The molecule has 1 amide bonds. The predicted molar refractivity (Wildman–Crippen MR) is 112 cm³/mol. The molecule has 2 N–H and O–H groups in total. The third kappa shape index (κ3) is 4.54. The van der Waals surface area contributed by atoms with Gasteiger partial charge < -0.3 is 10.2 Å². The van der Waals surface area contributed by atoms with E-state index in [1.165, 1.54) is 18.6 Å². The highest BCUT2D eigenvalue weighted by molar-refractivity contribution is 7.89. The van der Waals surface area contributed by atoms with E-state index in [1.54, 1.807) is 19.9 Å². The van der Waals surface area contributed by atoms with Crippen molar-refractivity contribution < 1.29 is 13.2 Å². The molecule has 0 aliphatic carbocycles. The molecule has 1 saturated heterocycles. The van der Waals surface area contributed by atoms with Gasteiger partial charge in [-0.05, 0) is 61.2 Å². The molecule has 6 nitrogen and oxygen atoms in total. The van der Waals surface area contributed by atoms with E-state index in [4.69, 9.17) is 0 Å². The first-order valence-electron chi connectivity index (χ1n) is 9.57. The Labute approximate surface area is 167 Å². The molecule has 1 atom stereocenters. The second-order valence-electron chi connectivity index (χ2n) is 7.32. The molecule has 1 fully saturated rings. The highest BCUT2D eigenvalue weighted by atomic mass is 32.2. The van der Waals surface area contributed by atoms with Gasteiger partial charge in [-0.15, -0.1) is 0 Å². The van der Waals surface area contributed by atoms with E-state index in [1.807, 2.05) is 24.3 Å². The lowest BCUT2D eigenvalue weighted by Gasteiger charge is -2.18. The molecule has 0 saturated carbocycles. The van der Waals surface area contributed by atoms with Crippen molar-refractivity contribution in [3.05, 3.63) is 53.6 Å². The molecule has 0 bridgehead atoms. The van der Waals surface area contributed by atoms with Gasteiger partial charge in [0.25, 0.3) is 5.91 Å². The van der Waals surface area contributed by atoms with Crippen molar-refractivity contribution in [3.8, 4) is 0 Å².